The summed E-state index contributed by atoms with van der Waals surface area (Å²) in [6.45, 7) is 7.69. The van der Waals surface area contributed by atoms with Gasteiger partial charge in [-0.15, -0.1) is 0 Å². The fourth-order valence-electron chi connectivity index (χ4n) is 2.17. The zero-order chi connectivity index (χ0) is 13.4. The molecule has 0 aliphatic heterocycles. The van der Waals surface area contributed by atoms with Gasteiger partial charge in [-0.25, -0.2) is 0 Å². The fourth-order valence-corrected chi connectivity index (χ4v) is 2.36. The number of halogens is 1. The second-order valence-corrected chi connectivity index (χ2v) is 5.75. The van der Waals surface area contributed by atoms with Crippen LogP contribution in [0.25, 0.3) is 0 Å². The lowest BCUT2D eigenvalue weighted by atomic mass is 9.93. The van der Waals surface area contributed by atoms with Gasteiger partial charge in [0, 0.05) is 17.6 Å². The quantitative estimate of drug-likeness (QED) is 0.654. The highest BCUT2D eigenvalue weighted by Gasteiger charge is 2.12. The number of unbranched alkanes of at least 4 members (excludes halogenated alkanes) is 2. The Morgan fingerprint density at radius 1 is 1.22 bits per heavy atom. The molecule has 0 heterocycles. The molecule has 2 heteroatoms. The molecule has 18 heavy (non-hydrogen) atoms. The Bertz CT molecular complexity index is 336. The van der Waals surface area contributed by atoms with Crippen molar-refractivity contribution in [2.24, 2.45) is 0 Å². The van der Waals surface area contributed by atoms with Crippen LogP contribution in [0, 0.1) is 0 Å². The SMILES string of the molecule is CCCCCC(CNC(C)C)c1cccc(Cl)c1. The monoisotopic (exact) mass is 267 g/mol. The lowest BCUT2D eigenvalue weighted by Gasteiger charge is -2.20. The molecule has 1 aromatic rings. The predicted molar refractivity (Wildman–Crippen MR) is 81.5 cm³/mol. The topological polar surface area (TPSA) is 12.0 Å². The van der Waals surface area contributed by atoms with Crippen LogP contribution in [0.1, 0.15) is 57.9 Å². The third kappa shape index (κ3) is 5.88. The number of benzene rings is 1. The third-order valence-electron chi connectivity index (χ3n) is 3.25. The Balaban J connectivity index is 2.63. The Morgan fingerprint density at radius 3 is 2.61 bits per heavy atom. The van der Waals surface area contributed by atoms with Crippen molar-refractivity contribution < 1.29 is 0 Å². The van der Waals surface area contributed by atoms with Gasteiger partial charge in [0.1, 0.15) is 0 Å². The maximum Gasteiger partial charge on any atom is 0.0408 e. The van der Waals surface area contributed by atoms with E-state index in [2.05, 4.69) is 44.3 Å². The number of nitrogens with one attached hydrogen (secondary N) is 1. The third-order valence-corrected chi connectivity index (χ3v) is 3.48. The van der Waals surface area contributed by atoms with E-state index in [0.29, 0.717) is 12.0 Å². The fraction of sp³-hybridized carbons (Fsp3) is 0.625. The summed E-state index contributed by atoms with van der Waals surface area (Å²) in [6.07, 6.45) is 5.14. The smallest absolute Gasteiger partial charge is 0.0408 e. The molecule has 1 nitrogen and oxygen atoms in total. The van der Waals surface area contributed by atoms with E-state index in [9.17, 15) is 0 Å². The normalized spacial score (nSPS) is 12.9. The highest BCUT2D eigenvalue weighted by atomic mass is 35.5. The van der Waals surface area contributed by atoms with Crippen LogP contribution in [0.2, 0.25) is 5.02 Å². The summed E-state index contributed by atoms with van der Waals surface area (Å²) in [7, 11) is 0. The van der Waals surface area contributed by atoms with Crippen LogP contribution >= 0.6 is 11.6 Å². The molecular formula is C16H26ClN. The van der Waals surface area contributed by atoms with Crippen molar-refractivity contribution in [1.82, 2.24) is 5.32 Å². The molecule has 102 valence electrons. The van der Waals surface area contributed by atoms with Crippen molar-refractivity contribution in [3.63, 3.8) is 0 Å². The first kappa shape index (κ1) is 15.5. The second kappa shape index (κ2) is 8.55. The molecule has 1 atom stereocenters. The van der Waals surface area contributed by atoms with Crippen molar-refractivity contribution in [2.45, 2.75) is 58.4 Å². The van der Waals surface area contributed by atoms with Gasteiger partial charge in [0.2, 0.25) is 0 Å². The molecule has 0 saturated heterocycles. The zero-order valence-corrected chi connectivity index (χ0v) is 12.6. The molecule has 0 radical (unpaired) electrons. The van der Waals surface area contributed by atoms with E-state index in [1.54, 1.807) is 0 Å². The second-order valence-electron chi connectivity index (χ2n) is 5.31. The average Bonchev–Trinajstić information content (AvgIpc) is 2.33. The van der Waals surface area contributed by atoms with Gasteiger partial charge in [0.15, 0.2) is 0 Å². The predicted octanol–water partition coefficient (Wildman–Crippen LogP) is 5.00. The van der Waals surface area contributed by atoms with E-state index >= 15 is 0 Å². The van der Waals surface area contributed by atoms with Crippen LogP contribution < -0.4 is 5.32 Å². The maximum atomic E-state index is 6.09. The summed E-state index contributed by atoms with van der Waals surface area (Å²) in [6, 6.07) is 8.85. The van der Waals surface area contributed by atoms with Crippen LogP contribution in [0.4, 0.5) is 0 Å². The lowest BCUT2D eigenvalue weighted by molar-refractivity contribution is 0.490. The molecule has 1 rings (SSSR count). The van der Waals surface area contributed by atoms with Gasteiger partial charge in [-0.05, 0) is 30.0 Å². The van der Waals surface area contributed by atoms with Gasteiger partial charge >= 0.3 is 0 Å². The summed E-state index contributed by atoms with van der Waals surface area (Å²) < 4.78 is 0. The molecule has 0 amide bonds. The Hall–Kier alpha value is -0.530. The number of hydrogen-bond donors (Lipinski definition) is 1. The molecule has 0 aliphatic rings. The number of rotatable bonds is 8. The summed E-state index contributed by atoms with van der Waals surface area (Å²) >= 11 is 6.09. The van der Waals surface area contributed by atoms with Crippen molar-refractivity contribution in [2.75, 3.05) is 6.54 Å². The van der Waals surface area contributed by atoms with E-state index in [4.69, 9.17) is 11.6 Å². The van der Waals surface area contributed by atoms with E-state index in [1.165, 1.54) is 31.2 Å². The molecule has 1 aromatic carbocycles. The molecule has 0 spiro atoms. The van der Waals surface area contributed by atoms with Crippen LogP contribution in [0.3, 0.4) is 0 Å². The Morgan fingerprint density at radius 2 is 2.00 bits per heavy atom. The van der Waals surface area contributed by atoms with Crippen molar-refractivity contribution in [1.29, 1.82) is 0 Å². The van der Waals surface area contributed by atoms with E-state index in [-0.39, 0.29) is 0 Å². The highest BCUT2D eigenvalue weighted by Crippen LogP contribution is 2.24. The lowest BCUT2D eigenvalue weighted by Crippen LogP contribution is -2.28. The molecule has 0 aliphatic carbocycles. The van der Waals surface area contributed by atoms with E-state index in [0.717, 1.165) is 11.6 Å². The van der Waals surface area contributed by atoms with Crippen LogP contribution in [0.15, 0.2) is 24.3 Å². The van der Waals surface area contributed by atoms with Crippen LogP contribution in [-0.2, 0) is 0 Å². The summed E-state index contributed by atoms with van der Waals surface area (Å²) in [5, 5.41) is 4.39. The maximum absolute atomic E-state index is 6.09. The minimum atomic E-state index is 0.540. The summed E-state index contributed by atoms with van der Waals surface area (Å²) in [4.78, 5) is 0. The molecule has 0 aromatic heterocycles. The molecule has 0 fully saturated rings. The first-order chi connectivity index (χ1) is 8.63. The van der Waals surface area contributed by atoms with Crippen molar-refractivity contribution in [3.05, 3.63) is 34.9 Å². The van der Waals surface area contributed by atoms with Gasteiger partial charge < -0.3 is 5.32 Å². The van der Waals surface area contributed by atoms with Crippen LogP contribution in [0.5, 0.6) is 0 Å². The van der Waals surface area contributed by atoms with Gasteiger partial charge in [0.05, 0.1) is 0 Å². The summed E-state index contributed by atoms with van der Waals surface area (Å²) in [5.74, 6) is 0.581. The van der Waals surface area contributed by atoms with Gasteiger partial charge in [-0.3, -0.25) is 0 Å². The zero-order valence-electron chi connectivity index (χ0n) is 11.9. The minimum Gasteiger partial charge on any atom is -0.314 e. The standard InChI is InChI=1S/C16H26ClN/c1-4-5-6-8-15(12-18-13(2)3)14-9-7-10-16(17)11-14/h7,9-11,13,15,18H,4-6,8,12H2,1-3H3. The van der Waals surface area contributed by atoms with Crippen molar-refractivity contribution in [3.8, 4) is 0 Å². The molecular weight excluding hydrogens is 242 g/mol. The first-order valence-corrected chi connectivity index (χ1v) is 7.50. The largest absolute Gasteiger partial charge is 0.314 e. The van der Waals surface area contributed by atoms with Gasteiger partial charge in [-0.1, -0.05) is 63.8 Å². The molecule has 0 bridgehead atoms. The van der Waals surface area contributed by atoms with Gasteiger partial charge in [-0.2, -0.15) is 0 Å². The van der Waals surface area contributed by atoms with E-state index < -0.39 is 0 Å². The minimum absolute atomic E-state index is 0.540. The first-order valence-electron chi connectivity index (χ1n) is 7.12. The number of hydrogen-bond acceptors (Lipinski definition) is 1. The van der Waals surface area contributed by atoms with Gasteiger partial charge in [0.25, 0.3) is 0 Å². The van der Waals surface area contributed by atoms with E-state index in [1.807, 2.05) is 6.07 Å². The Kier molecular flexibility index (Phi) is 7.38. The molecule has 1 unspecified atom stereocenters. The molecule has 0 saturated carbocycles. The highest BCUT2D eigenvalue weighted by molar-refractivity contribution is 6.30. The van der Waals surface area contributed by atoms with Crippen molar-refractivity contribution >= 4 is 11.6 Å². The average molecular weight is 268 g/mol. The Labute approximate surface area is 117 Å². The summed E-state index contributed by atoms with van der Waals surface area (Å²) in [5.41, 5.74) is 1.37. The van der Waals surface area contributed by atoms with Crippen LogP contribution in [-0.4, -0.2) is 12.6 Å². The molecule has 1 N–H and O–H groups in total.